The van der Waals surface area contributed by atoms with Gasteiger partial charge in [0.1, 0.15) is 11.8 Å². The number of carbonyl (C=O) groups excluding carboxylic acids is 3. The van der Waals surface area contributed by atoms with E-state index in [1.54, 1.807) is 55.6 Å². The zero-order chi connectivity index (χ0) is 24.6. The summed E-state index contributed by atoms with van der Waals surface area (Å²) >= 11 is 0. The largest absolute Gasteiger partial charge is 0.497 e. The number of hydrogen-bond acceptors (Lipinski definition) is 4. The average molecular weight is 472 g/mol. The minimum absolute atomic E-state index is 0.0838. The number of likely N-dealkylation sites (tertiary alicyclic amines) is 1. The van der Waals surface area contributed by atoms with E-state index < -0.39 is 11.9 Å². The van der Waals surface area contributed by atoms with Crippen molar-refractivity contribution in [3.63, 3.8) is 0 Å². The average Bonchev–Trinajstić information content (AvgIpc) is 3.44. The monoisotopic (exact) mass is 471 g/mol. The van der Waals surface area contributed by atoms with E-state index in [1.165, 1.54) is 0 Å². The summed E-state index contributed by atoms with van der Waals surface area (Å²) in [4.78, 5) is 41.2. The number of para-hydroxylation sites is 1. The van der Waals surface area contributed by atoms with Crippen LogP contribution >= 0.6 is 0 Å². The van der Waals surface area contributed by atoms with Gasteiger partial charge in [0.05, 0.1) is 18.4 Å². The Morgan fingerprint density at radius 3 is 2.20 bits per heavy atom. The zero-order valence-corrected chi connectivity index (χ0v) is 19.7. The first-order valence-electron chi connectivity index (χ1n) is 11.7. The summed E-state index contributed by atoms with van der Waals surface area (Å²) in [6, 6.07) is 22.4. The fraction of sp³-hybridized carbons (Fsp3) is 0.250. The predicted molar refractivity (Wildman–Crippen MR) is 135 cm³/mol. The van der Waals surface area contributed by atoms with E-state index in [9.17, 15) is 14.4 Å². The Bertz CT molecular complexity index is 1170. The van der Waals surface area contributed by atoms with Crippen LogP contribution in [0.1, 0.15) is 39.1 Å². The summed E-state index contributed by atoms with van der Waals surface area (Å²) < 4.78 is 5.14. The molecule has 1 fully saturated rings. The first kappa shape index (κ1) is 24.0. The third kappa shape index (κ3) is 6.06. The summed E-state index contributed by atoms with van der Waals surface area (Å²) in [6.07, 6.45) is 2.33. The number of hydrogen-bond donors (Lipinski definition) is 2. The van der Waals surface area contributed by atoms with E-state index in [0.717, 1.165) is 18.4 Å². The van der Waals surface area contributed by atoms with E-state index in [4.69, 9.17) is 4.74 Å². The number of nitrogens with one attached hydrogen (secondary N) is 2. The first-order chi connectivity index (χ1) is 17.0. The molecule has 0 spiro atoms. The van der Waals surface area contributed by atoms with Crippen molar-refractivity contribution in [2.24, 2.45) is 0 Å². The normalized spacial score (nSPS) is 13.7. The molecule has 1 unspecified atom stereocenters. The van der Waals surface area contributed by atoms with Gasteiger partial charge in [-0.3, -0.25) is 14.4 Å². The second-order valence-corrected chi connectivity index (χ2v) is 8.48. The van der Waals surface area contributed by atoms with Crippen molar-refractivity contribution in [1.29, 1.82) is 0 Å². The Morgan fingerprint density at radius 2 is 1.51 bits per heavy atom. The maximum atomic E-state index is 13.3. The summed E-state index contributed by atoms with van der Waals surface area (Å²) in [5.41, 5.74) is 2.07. The van der Waals surface area contributed by atoms with E-state index in [-0.39, 0.29) is 11.8 Å². The number of nitrogens with zero attached hydrogens (tertiary/aromatic N) is 1. The summed E-state index contributed by atoms with van der Waals surface area (Å²) in [5.74, 6) is -0.195. The standard InChI is InChI=1S/C28H29N3O4/c1-35-22-15-13-21(14-16-22)26(32)29-24-12-6-5-11-23(24)27(33)30-25(19-20-9-3-2-4-10-20)28(34)31-17-7-8-18-31/h2-6,9-16,25H,7-8,17-19H2,1H3,(H,29,32)(H,30,33). The Balaban J connectivity index is 1.52. The van der Waals surface area contributed by atoms with E-state index in [1.807, 2.05) is 35.2 Å². The van der Waals surface area contributed by atoms with Gasteiger partial charge in [-0.2, -0.15) is 0 Å². The maximum Gasteiger partial charge on any atom is 0.255 e. The third-order valence-electron chi connectivity index (χ3n) is 6.08. The van der Waals surface area contributed by atoms with Crippen LogP contribution in [0.5, 0.6) is 5.75 Å². The molecule has 1 aliphatic heterocycles. The van der Waals surface area contributed by atoms with Crippen LogP contribution in [-0.4, -0.2) is 48.9 Å². The van der Waals surface area contributed by atoms with Gasteiger partial charge >= 0.3 is 0 Å². The number of benzene rings is 3. The Labute approximate surface area is 205 Å². The topological polar surface area (TPSA) is 87.7 Å². The molecule has 1 saturated heterocycles. The quantitative estimate of drug-likeness (QED) is 0.522. The van der Waals surface area contributed by atoms with Crippen LogP contribution in [0.3, 0.4) is 0 Å². The molecular formula is C28H29N3O4. The molecule has 3 aromatic rings. The zero-order valence-electron chi connectivity index (χ0n) is 19.7. The Hall–Kier alpha value is -4.13. The molecule has 0 radical (unpaired) electrons. The molecule has 2 N–H and O–H groups in total. The van der Waals surface area contributed by atoms with E-state index in [2.05, 4.69) is 10.6 Å². The second-order valence-electron chi connectivity index (χ2n) is 8.48. The molecule has 1 aliphatic rings. The van der Waals surface area contributed by atoms with Crippen molar-refractivity contribution < 1.29 is 19.1 Å². The molecule has 1 heterocycles. The van der Waals surface area contributed by atoms with Gasteiger partial charge in [-0.25, -0.2) is 0 Å². The Morgan fingerprint density at radius 1 is 0.857 bits per heavy atom. The van der Waals surface area contributed by atoms with E-state index in [0.29, 0.717) is 42.1 Å². The number of ether oxygens (including phenoxy) is 1. The Kier molecular flexibility index (Phi) is 7.77. The maximum absolute atomic E-state index is 13.3. The summed E-state index contributed by atoms with van der Waals surface area (Å²) in [6.45, 7) is 1.41. The van der Waals surface area contributed by atoms with Crippen LogP contribution in [-0.2, 0) is 11.2 Å². The highest BCUT2D eigenvalue weighted by Gasteiger charge is 2.29. The van der Waals surface area contributed by atoms with Gasteiger partial charge in [-0.05, 0) is 54.8 Å². The van der Waals surface area contributed by atoms with Crippen molar-refractivity contribution in [3.05, 3.63) is 95.6 Å². The molecule has 0 saturated carbocycles. The highest BCUT2D eigenvalue weighted by atomic mass is 16.5. The van der Waals surface area contributed by atoms with Crippen LogP contribution in [0.15, 0.2) is 78.9 Å². The predicted octanol–water partition coefficient (Wildman–Crippen LogP) is 3.91. The number of anilines is 1. The van der Waals surface area contributed by atoms with Crippen molar-refractivity contribution in [2.45, 2.75) is 25.3 Å². The molecule has 35 heavy (non-hydrogen) atoms. The molecule has 7 heteroatoms. The highest BCUT2D eigenvalue weighted by Crippen LogP contribution is 2.19. The highest BCUT2D eigenvalue weighted by molar-refractivity contribution is 6.09. The molecule has 4 rings (SSSR count). The number of amides is 3. The van der Waals surface area contributed by atoms with Crippen molar-refractivity contribution >= 4 is 23.4 Å². The lowest BCUT2D eigenvalue weighted by molar-refractivity contribution is -0.132. The van der Waals surface area contributed by atoms with Crippen LogP contribution < -0.4 is 15.4 Å². The molecule has 7 nitrogen and oxygen atoms in total. The fourth-order valence-corrected chi connectivity index (χ4v) is 4.17. The van der Waals surface area contributed by atoms with Crippen LogP contribution in [0.25, 0.3) is 0 Å². The van der Waals surface area contributed by atoms with Gasteiger partial charge in [-0.15, -0.1) is 0 Å². The van der Waals surface area contributed by atoms with Gasteiger partial charge < -0.3 is 20.3 Å². The second kappa shape index (κ2) is 11.3. The lowest BCUT2D eigenvalue weighted by atomic mass is 10.0. The molecule has 180 valence electrons. The molecule has 3 aromatic carbocycles. The van der Waals surface area contributed by atoms with Gasteiger partial charge in [0.15, 0.2) is 0 Å². The lowest BCUT2D eigenvalue weighted by Gasteiger charge is -2.24. The SMILES string of the molecule is COc1ccc(C(=O)Nc2ccccc2C(=O)NC(Cc2ccccc2)C(=O)N2CCCC2)cc1. The first-order valence-corrected chi connectivity index (χ1v) is 11.7. The van der Waals surface area contributed by atoms with Gasteiger partial charge in [0.25, 0.3) is 11.8 Å². The van der Waals surface area contributed by atoms with Gasteiger partial charge in [0.2, 0.25) is 5.91 Å². The van der Waals surface area contributed by atoms with Gasteiger partial charge in [-0.1, -0.05) is 42.5 Å². The number of methoxy groups -OCH3 is 1. The van der Waals surface area contributed by atoms with Crippen LogP contribution in [0.2, 0.25) is 0 Å². The molecule has 0 aromatic heterocycles. The number of carbonyl (C=O) groups is 3. The van der Waals surface area contributed by atoms with Gasteiger partial charge in [0, 0.05) is 25.1 Å². The summed E-state index contributed by atoms with van der Waals surface area (Å²) in [5, 5.41) is 5.75. The fourth-order valence-electron chi connectivity index (χ4n) is 4.17. The van der Waals surface area contributed by atoms with Crippen molar-refractivity contribution in [1.82, 2.24) is 10.2 Å². The minimum Gasteiger partial charge on any atom is -0.497 e. The smallest absolute Gasteiger partial charge is 0.255 e. The lowest BCUT2D eigenvalue weighted by Crippen LogP contribution is -2.49. The molecule has 1 atom stereocenters. The molecule has 3 amide bonds. The molecule has 0 aliphatic carbocycles. The molecule has 0 bridgehead atoms. The minimum atomic E-state index is -0.701. The third-order valence-corrected chi connectivity index (χ3v) is 6.08. The summed E-state index contributed by atoms with van der Waals surface area (Å²) in [7, 11) is 1.56. The van der Waals surface area contributed by atoms with Crippen LogP contribution in [0, 0.1) is 0 Å². The van der Waals surface area contributed by atoms with E-state index >= 15 is 0 Å². The van der Waals surface area contributed by atoms with Crippen molar-refractivity contribution in [2.75, 3.05) is 25.5 Å². The number of rotatable bonds is 8. The van der Waals surface area contributed by atoms with Crippen molar-refractivity contribution in [3.8, 4) is 5.75 Å². The van der Waals surface area contributed by atoms with Crippen LogP contribution in [0.4, 0.5) is 5.69 Å². The molecular weight excluding hydrogens is 442 g/mol.